The number of alkyl halides is 3. The van der Waals surface area contributed by atoms with Crippen LogP contribution < -0.4 is 4.72 Å². The van der Waals surface area contributed by atoms with Crippen LogP contribution in [-0.4, -0.2) is 65.7 Å². The maximum atomic E-state index is 13.6. The Kier molecular flexibility index (Phi) is 12.0. The summed E-state index contributed by atoms with van der Waals surface area (Å²) in [5.41, 5.74) is 0.465. The fraction of sp³-hybridized carbons (Fsp3) is 0.433. The molecule has 14 nitrogen and oxygen atoms in total. The van der Waals surface area contributed by atoms with Crippen LogP contribution in [0.5, 0.6) is 0 Å². The van der Waals surface area contributed by atoms with E-state index in [1.54, 1.807) is 52.0 Å². The second-order valence-corrected chi connectivity index (χ2v) is 12.8. The molecule has 18 heteroatoms. The number of nitrogens with zero attached hydrogens (tertiary/aromatic N) is 5. The Balaban J connectivity index is 1.82. The van der Waals surface area contributed by atoms with Gasteiger partial charge in [0.05, 0.1) is 34.4 Å². The number of hydrazine groups is 1. The van der Waals surface area contributed by atoms with Crippen LogP contribution in [0.1, 0.15) is 52.3 Å². The highest BCUT2D eigenvalue weighted by molar-refractivity contribution is 7.90. The molecule has 3 rings (SSSR count). The molecule has 2 aromatic carbocycles. The van der Waals surface area contributed by atoms with Crippen LogP contribution in [0.15, 0.2) is 64.8 Å². The number of amides is 1. The Morgan fingerprint density at radius 3 is 2.21 bits per heavy atom. The first-order valence-corrected chi connectivity index (χ1v) is 16.2. The Morgan fingerprint density at radius 2 is 1.67 bits per heavy atom. The van der Waals surface area contributed by atoms with Crippen molar-refractivity contribution in [3.8, 4) is 16.9 Å². The minimum atomic E-state index is -4.73. The third-order valence-electron chi connectivity index (χ3n) is 6.96. The second kappa shape index (κ2) is 15.4. The zero-order valence-corrected chi connectivity index (χ0v) is 28.1. The fourth-order valence-corrected chi connectivity index (χ4v) is 5.33. The molecule has 1 unspecified atom stereocenters. The van der Waals surface area contributed by atoms with E-state index in [-0.39, 0.29) is 21.2 Å². The molecular formula is C30H37F3N6O8S. The van der Waals surface area contributed by atoms with Gasteiger partial charge in [-0.1, -0.05) is 50.1 Å². The number of carbonyl (C=O) groups is 2. The van der Waals surface area contributed by atoms with Crippen molar-refractivity contribution in [2.45, 2.75) is 77.5 Å². The smallest absolute Gasteiger partial charge is 0.511 e. The summed E-state index contributed by atoms with van der Waals surface area (Å²) in [6.07, 6.45) is -7.25. The molecule has 1 amide bonds. The maximum absolute atomic E-state index is 13.6. The van der Waals surface area contributed by atoms with E-state index in [2.05, 4.69) is 10.4 Å². The molecule has 0 spiro atoms. The maximum Gasteiger partial charge on any atom is 0.511 e. The molecule has 0 saturated carbocycles. The van der Waals surface area contributed by atoms with Gasteiger partial charge in [0, 0.05) is 12.5 Å². The standard InChI is InChI=1S/C30H37F3N6O8S/c1-8-20(5)27(37(7)39(42)36-47-21(6)46-29(41)45-18(2)3)28(40)35-48(43,44)24-15-13-23(14-16-24)38-25(17-26(34-38)30(31,32)33)22-11-9-19(4)10-12-22/h9-18,20-21,27H,8H2,1-7H3,(H,35,40)/b39-36-/t20-,21?,27+/m1/s1. The summed E-state index contributed by atoms with van der Waals surface area (Å²) in [6, 6.07) is 11.0. The van der Waals surface area contributed by atoms with Gasteiger partial charge in [0.2, 0.25) is 5.28 Å². The first kappa shape index (κ1) is 37.6. The number of hydrogen-bond donors (Lipinski definition) is 1. The average molecular weight is 699 g/mol. The van der Waals surface area contributed by atoms with Gasteiger partial charge in [0.15, 0.2) is 11.7 Å². The molecule has 0 bridgehead atoms. The monoisotopic (exact) mass is 698 g/mol. The molecule has 0 saturated heterocycles. The van der Waals surface area contributed by atoms with Gasteiger partial charge in [0.1, 0.15) is 0 Å². The van der Waals surface area contributed by atoms with Gasteiger partial charge in [0.25, 0.3) is 22.2 Å². The number of rotatable bonds is 13. The Hall–Kier alpha value is -4.87. The number of aromatic nitrogens is 2. The van der Waals surface area contributed by atoms with Gasteiger partial charge in [-0.05, 0) is 57.0 Å². The summed E-state index contributed by atoms with van der Waals surface area (Å²) in [4.78, 5) is 29.3. The fourth-order valence-electron chi connectivity index (χ4n) is 4.33. The summed E-state index contributed by atoms with van der Waals surface area (Å²) in [6.45, 7) is 9.61. The molecule has 3 atom stereocenters. The van der Waals surface area contributed by atoms with Crippen molar-refractivity contribution >= 4 is 22.1 Å². The number of benzene rings is 2. The van der Waals surface area contributed by atoms with Crippen molar-refractivity contribution < 1.29 is 50.5 Å². The molecule has 0 aliphatic rings. The predicted molar refractivity (Wildman–Crippen MR) is 164 cm³/mol. The summed E-state index contributed by atoms with van der Waals surface area (Å²) >= 11 is 0. The quantitative estimate of drug-likeness (QED) is 0.0765. The molecule has 262 valence electrons. The van der Waals surface area contributed by atoms with Crippen LogP contribution in [0.2, 0.25) is 0 Å². The third-order valence-corrected chi connectivity index (χ3v) is 8.32. The number of sulfonamides is 1. The second-order valence-electron chi connectivity index (χ2n) is 11.1. The molecule has 0 radical (unpaired) electrons. The van der Waals surface area contributed by atoms with Crippen LogP contribution in [0, 0.1) is 18.0 Å². The Labute approximate surface area is 275 Å². The van der Waals surface area contributed by atoms with Gasteiger partial charge in [-0.2, -0.15) is 18.3 Å². The highest BCUT2D eigenvalue weighted by Gasteiger charge is 2.37. The van der Waals surface area contributed by atoms with Crippen molar-refractivity contribution in [2.24, 2.45) is 11.2 Å². The molecule has 48 heavy (non-hydrogen) atoms. The van der Waals surface area contributed by atoms with Crippen LogP contribution >= 0.6 is 0 Å². The summed E-state index contributed by atoms with van der Waals surface area (Å²) < 4.78 is 79.8. The molecule has 1 heterocycles. The van der Waals surface area contributed by atoms with Crippen molar-refractivity contribution in [1.82, 2.24) is 19.5 Å². The minimum absolute atomic E-state index is 0.101. The zero-order chi connectivity index (χ0) is 36.0. The lowest BCUT2D eigenvalue weighted by atomic mass is 9.98. The third kappa shape index (κ3) is 9.58. The van der Waals surface area contributed by atoms with Crippen molar-refractivity contribution in [3.63, 3.8) is 0 Å². The lowest BCUT2D eigenvalue weighted by molar-refractivity contribution is -0.713. The first-order valence-electron chi connectivity index (χ1n) is 14.7. The van der Waals surface area contributed by atoms with Crippen molar-refractivity contribution in [2.75, 3.05) is 7.05 Å². The highest BCUT2D eigenvalue weighted by atomic mass is 32.2. The number of halogens is 3. The van der Waals surface area contributed by atoms with Gasteiger partial charge >= 0.3 is 12.3 Å². The van der Waals surface area contributed by atoms with Gasteiger partial charge < -0.3 is 14.7 Å². The van der Waals surface area contributed by atoms with Gasteiger partial charge in [-0.3, -0.25) is 9.63 Å². The number of carbonyl (C=O) groups excluding carboxylic acids is 2. The average Bonchev–Trinajstić information content (AvgIpc) is 3.46. The molecule has 1 aromatic heterocycles. The lowest BCUT2D eigenvalue weighted by Crippen LogP contribution is -2.52. The topological polar surface area (TPSA) is 167 Å². The molecule has 3 aromatic rings. The zero-order valence-electron chi connectivity index (χ0n) is 27.3. The first-order chi connectivity index (χ1) is 22.3. The number of nitrogens with one attached hydrogen (secondary N) is 1. The van der Waals surface area contributed by atoms with E-state index in [0.29, 0.717) is 12.0 Å². The lowest BCUT2D eigenvalue weighted by Gasteiger charge is -2.27. The number of likely N-dealkylation sites (N-methyl/N-ethyl adjacent to an activating group) is 1. The Bertz CT molecular complexity index is 1710. The van der Waals surface area contributed by atoms with E-state index in [1.807, 2.05) is 11.6 Å². The molecular weight excluding hydrogens is 661 g/mol. The van der Waals surface area contributed by atoms with E-state index < -0.39 is 58.3 Å². The Morgan fingerprint density at radius 1 is 1.06 bits per heavy atom. The SMILES string of the molecule is CC[C@@H](C)[C@@H](C(=O)NS(=O)(=O)c1ccc(-n2nc(C(F)(F)F)cc2-c2ccc(C)cc2)cc1)N(C)/[N+]([O-])=N/OC(C)OC(=O)OC(C)C. The van der Waals surface area contributed by atoms with E-state index >= 15 is 0 Å². The number of ether oxygens (including phenoxy) is 2. The van der Waals surface area contributed by atoms with Crippen LogP contribution in [0.25, 0.3) is 16.9 Å². The van der Waals surface area contributed by atoms with E-state index in [9.17, 15) is 36.4 Å². The highest BCUT2D eigenvalue weighted by Crippen LogP contribution is 2.33. The van der Waals surface area contributed by atoms with Crippen LogP contribution in [0.3, 0.4) is 0 Å². The van der Waals surface area contributed by atoms with Crippen molar-refractivity contribution in [3.05, 3.63) is 71.1 Å². The van der Waals surface area contributed by atoms with Crippen molar-refractivity contribution in [1.29, 1.82) is 0 Å². The minimum Gasteiger partial charge on any atom is -0.569 e. The van der Waals surface area contributed by atoms with E-state index in [4.69, 9.17) is 14.3 Å². The van der Waals surface area contributed by atoms with E-state index in [1.165, 1.54) is 26.1 Å². The largest absolute Gasteiger partial charge is 0.569 e. The van der Waals surface area contributed by atoms with Crippen LogP contribution in [-0.2, 0) is 35.3 Å². The molecule has 0 aliphatic carbocycles. The predicted octanol–water partition coefficient (Wildman–Crippen LogP) is 5.73. The normalized spacial score (nSPS) is 14.2. The summed E-state index contributed by atoms with van der Waals surface area (Å²) in [5, 5.41) is 20.5. The summed E-state index contributed by atoms with van der Waals surface area (Å²) in [7, 11) is -3.35. The van der Waals surface area contributed by atoms with Gasteiger partial charge in [-0.25, -0.2) is 22.6 Å². The molecule has 0 aliphatic heterocycles. The summed E-state index contributed by atoms with van der Waals surface area (Å²) in [5.74, 6) is -1.64. The number of hydrogen-bond acceptors (Lipinski definition) is 10. The molecule has 1 N–H and O–H groups in total. The van der Waals surface area contributed by atoms with Gasteiger partial charge in [-0.15, -0.1) is 5.01 Å². The number of aryl methyl sites for hydroxylation is 1. The van der Waals surface area contributed by atoms with E-state index in [0.717, 1.165) is 33.5 Å². The molecule has 0 fully saturated rings. The van der Waals surface area contributed by atoms with Crippen LogP contribution in [0.4, 0.5) is 18.0 Å².